The smallest absolute Gasteiger partial charge is 0.0821 e. The number of aliphatic hydroxyl groups excluding tert-OH is 1. The molecule has 74 valence electrons. The van der Waals surface area contributed by atoms with Crippen molar-refractivity contribution in [2.75, 3.05) is 0 Å². The molecule has 0 saturated heterocycles. The van der Waals surface area contributed by atoms with Gasteiger partial charge in [-0.15, -0.1) is 0 Å². The largest absolute Gasteiger partial charge is 0.388 e. The number of hydrogen-bond donors (Lipinski definition) is 1. The first-order valence-electron chi connectivity index (χ1n) is 5.57. The topological polar surface area (TPSA) is 20.2 Å². The van der Waals surface area contributed by atoms with Crippen LogP contribution in [0.4, 0.5) is 0 Å². The van der Waals surface area contributed by atoms with Crippen molar-refractivity contribution in [1.82, 2.24) is 0 Å². The van der Waals surface area contributed by atoms with E-state index in [1.807, 2.05) is 0 Å². The number of benzene rings is 1. The van der Waals surface area contributed by atoms with Crippen molar-refractivity contribution in [2.45, 2.75) is 38.2 Å². The molecule has 1 heteroatoms. The fraction of sp³-hybridized carbons (Fsp3) is 0.538. The van der Waals surface area contributed by atoms with Crippen molar-refractivity contribution in [1.29, 1.82) is 0 Å². The van der Waals surface area contributed by atoms with Crippen molar-refractivity contribution in [3.63, 3.8) is 0 Å². The van der Waals surface area contributed by atoms with Gasteiger partial charge in [-0.05, 0) is 47.8 Å². The molecule has 1 aromatic rings. The monoisotopic (exact) mass is 188 g/mol. The van der Waals surface area contributed by atoms with E-state index < -0.39 is 0 Å². The summed E-state index contributed by atoms with van der Waals surface area (Å²) < 4.78 is 0. The van der Waals surface area contributed by atoms with Gasteiger partial charge in [0.2, 0.25) is 0 Å². The van der Waals surface area contributed by atoms with Crippen LogP contribution >= 0.6 is 0 Å². The van der Waals surface area contributed by atoms with Crippen molar-refractivity contribution in [3.05, 3.63) is 34.9 Å². The molecule has 0 aromatic heterocycles. The van der Waals surface area contributed by atoms with Crippen molar-refractivity contribution in [2.24, 2.45) is 5.92 Å². The lowest BCUT2D eigenvalue weighted by atomic mass is 9.99. The molecule has 0 spiro atoms. The SMILES string of the molecule is CC1Cc2c(C3CC3)cccc2C1O. The maximum absolute atomic E-state index is 9.98. The molecular weight excluding hydrogens is 172 g/mol. The molecule has 2 aliphatic rings. The van der Waals surface area contributed by atoms with Crippen LogP contribution in [0.3, 0.4) is 0 Å². The van der Waals surface area contributed by atoms with Crippen molar-refractivity contribution in [3.8, 4) is 0 Å². The number of fused-ring (bicyclic) bond motifs is 1. The van der Waals surface area contributed by atoms with Crippen LogP contribution in [0.2, 0.25) is 0 Å². The standard InChI is InChI=1S/C13H16O/c1-8-7-12-10(9-5-6-9)3-2-4-11(12)13(8)14/h2-4,8-9,13-14H,5-7H2,1H3. The van der Waals surface area contributed by atoms with Gasteiger partial charge in [-0.2, -0.15) is 0 Å². The number of hydrogen-bond acceptors (Lipinski definition) is 1. The third-order valence-electron chi connectivity index (χ3n) is 3.65. The minimum absolute atomic E-state index is 0.219. The average molecular weight is 188 g/mol. The molecule has 1 aromatic carbocycles. The summed E-state index contributed by atoms with van der Waals surface area (Å²) in [5.74, 6) is 1.22. The van der Waals surface area contributed by atoms with E-state index >= 15 is 0 Å². The lowest BCUT2D eigenvalue weighted by Gasteiger charge is -2.08. The first kappa shape index (κ1) is 8.49. The van der Waals surface area contributed by atoms with Gasteiger partial charge in [0, 0.05) is 0 Å². The maximum Gasteiger partial charge on any atom is 0.0821 e. The highest BCUT2D eigenvalue weighted by molar-refractivity contribution is 5.44. The Balaban J connectivity index is 2.10. The van der Waals surface area contributed by atoms with E-state index in [1.165, 1.54) is 29.5 Å². The van der Waals surface area contributed by atoms with Gasteiger partial charge in [-0.1, -0.05) is 25.1 Å². The molecule has 2 atom stereocenters. The molecule has 1 nitrogen and oxygen atoms in total. The Morgan fingerprint density at radius 1 is 1.21 bits per heavy atom. The normalized spacial score (nSPS) is 30.4. The van der Waals surface area contributed by atoms with Crippen LogP contribution in [0.25, 0.3) is 0 Å². The summed E-state index contributed by atoms with van der Waals surface area (Å²) in [6.07, 6.45) is 3.55. The number of aliphatic hydroxyl groups is 1. The highest BCUT2D eigenvalue weighted by atomic mass is 16.3. The van der Waals surface area contributed by atoms with Gasteiger partial charge < -0.3 is 5.11 Å². The number of rotatable bonds is 1. The quantitative estimate of drug-likeness (QED) is 0.718. The molecule has 0 amide bonds. The molecular formula is C13H16O. The molecule has 3 rings (SSSR count). The zero-order valence-electron chi connectivity index (χ0n) is 8.53. The van der Waals surface area contributed by atoms with E-state index in [2.05, 4.69) is 25.1 Å². The van der Waals surface area contributed by atoms with Gasteiger partial charge in [0.1, 0.15) is 0 Å². The highest BCUT2D eigenvalue weighted by Crippen LogP contribution is 2.46. The van der Waals surface area contributed by atoms with Gasteiger partial charge in [0.05, 0.1) is 6.10 Å². The fourth-order valence-electron chi connectivity index (χ4n) is 2.65. The molecule has 1 N–H and O–H groups in total. The highest BCUT2D eigenvalue weighted by Gasteiger charge is 2.33. The fourth-order valence-corrected chi connectivity index (χ4v) is 2.65. The first-order valence-corrected chi connectivity index (χ1v) is 5.57. The Bertz CT molecular complexity index is 365. The summed E-state index contributed by atoms with van der Waals surface area (Å²) >= 11 is 0. The van der Waals surface area contributed by atoms with Crippen LogP contribution < -0.4 is 0 Å². The van der Waals surface area contributed by atoms with Crippen LogP contribution in [0.5, 0.6) is 0 Å². The van der Waals surface area contributed by atoms with Crippen LogP contribution in [-0.4, -0.2) is 5.11 Å². The van der Waals surface area contributed by atoms with Crippen LogP contribution in [0.1, 0.15) is 48.5 Å². The van der Waals surface area contributed by atoms with Crippen molar-refractivity contribution >= 4 is 0 Å². The van der Waals surface area contributed by atoms with Gasteiger partial charge >= 0.3 is 0 Å². The van der Waals surface area contributed by atoms with E-state index in [0.29, 0.717) is 5.92 Å². The van der Waals surface area contributed by atoms with Crippen LogP contribution in [0, 0.1) is 5.92 Å². The summed E-state index contributed by atoms with van der Waals surface area (Å²) in [4.78, 5) is 0. The molecule has 0 radical (unpaired) electrons. The third-order valence-corrected chi connectivity index (χ3v) is 3.65. The van der Waals surface area contributed by atoms with Crippen LogP contribution in [-0.2, 0) is 6.42 Å². The molecule has 0 bridgehead atoms. The maximum atomic E-state index is 9.98. The Labute approximate surface area is 84.8 Å². The lowest BCUT2D eigenvalue weighted by Crippen LogP contribution is -2.00. The van der Waals surface area contributed by atoms with Crippen molar-refractivity contribution < 1.29 is 5.11 Å². The molecule has 0 aliphatic heterocycles. The molecule has 1 fully saturated rings. The molecule has 2 aliphatic carbocycles. The lowest BCUT2D eigenvalue weighted by molar-refractivity contribution is 0.133. The summed E-state index contributed by atoms with van der Waals surface area (Å²) in [5, 5.41) is 9.98. The van der Waals surface area contributed by atoms with Gasteiger partial charge in [-0.3, -0.25) is 0 Å². The summed E-state index contributed by atoms with van der Waals surface area (Å²) in [7, 11) is 0. The van der Waals surface area contributed by atoms with E-state index in [4.69, 9.17) is 0 Å². The predicted octanol–water partition coefficient (Wildman–Crippen LogP) is 2.79. The van der Waals surface area contributed by atoms with Gasteiger partial charge in [0.15, 0.2) is 0 Å². The van der Waals surface area contributed by atoms with E-state index in [9.17, 15) is 5.11 Å². The summed E-state index contributed by atoms with van der Waals surface area (Å²) in [5.41, 5.74) is 4.17. The van der Waals surface area contributed by atoms with Gasteiger partial charge in [-0.25, -0.2) is 0 Å². The molecule has 0 heterocycles. The Hall–Kier alpha value is -0.820. The minimum atomic E-state index is -0.219. The Morgan fingerprint density at radius 2 is 1.93 bits per heavy atom. The third kappa shape index (κ3) is 1.12. The molecule has 14 heavy (non-hydrogen) atoms. The second-order valence-electron chi connectivity index (χ2n) is 4.82. The molecule has 1 saturated carbocycles. The summed E-state index contributed by atoms with van der Waals surface area (Å²) in [6, 6.07) is 6.45. The first-order chi connectivity index (χ1) is 6.77. The Morgan fingerprint density at radius 3 is 2.64 bits per heavy atom. The Kier molecular flexibility index (Phi) is 1.72. The van der Waals surface area contributed by atoms with E-state index in [0.717, 1.165) is 12.3 Å². The summed E-state index contributed by atoms with van der Waals surface area (Å²) in [6.45, 7) is 2.14. The van der Waals surface area contributed by atoms with E-state index in [1.54, 1.807) is 0 Å². The van der Waals surface area contributed by atoms with Crippen LogP contribution in [0.15, 0.2) is 18.2 Å². The molecule has 2 unspecified atom stereocenters. The average Bonchev–Trinajstić information content (AvgIpc) is 2.96. The zero-order valence-corrected chi connectivity index (χ0v) is 8.53. The zero-order chi connectivity index (χ0) is 9.71. The predicted molar refractivity (Wildman–Crippen MR) is 56.2 cm³/mol. The second-order valence-corrected chi connectivity index (χ2v) is 4.82. The minimum Gasteiger partial charge on any atom is -0.388 e. The second kappa shape index (κ2) is 2.83. The van der Waals surface area contributed by atoms with E-state index in [-0.39, 0.29) is 6.10 Å². The van der Waals surface area contributed by atoms with Gasteiger partial charge in [0.25, 0.3) is 0 Å².